The van der Waals surface area contributed by atoms with E-state index in [9.17, 15) is 9.59 Å². The summed E-state index contributed by atoms with van der Waals surface area (Å²) in [5.41, 5.74) is 7.39. The van der Waals surface area contributed by atoms with Gasteiger partial charge in [-0.2, -0.15) is 4.99 Å². The molecule has 5 nitrogen and oxygen atoms in total. The summed E-state index contributed by atoms with van der Waals surface area (Å²) in [6, 6.07) is 7.69. The zero-order valence-electron chi connectivity index (χ0n) is 11.4. The first-order valence-corrected chi connectivity index (χ1v) is 7.28. The number of anilines is 1. The molecule has 2 rings (SSSR count). The average Bonchev–Trinajstić information content (AvgIpc) is 2.68. The van der Waals surface area contributed by atoms with E-state index >= 15 is 0 Å². The maximum absolute atomic E-state index is 11.9. The first kappa shape index (κ1) is 14.6. The lowest BCUT2D eigenvalue weighted by molar-refractivity contribution is -0.121. The maximum Gasteiger partial charge on any atom is 0.262 e. The van der Waals surface area contributed by atoms with Gasteiger partial charge in [0.15, 0.2) is 5.17 Å². The Kier molecular flexibility index (Phi) is 4.44. The third kappa shape index (κ3) is 3.60. The van der Waals surface area contributed by atoms with Crippen molar-refractivity contribution in [3.8, 4) is 0 Å². The maximum atomic E-state index is 11.9. The number of carbonyl (C=O) groups is 2. The quantitative estimate of drug-likeness (QED) is 0.889. The second-order valence-corrected chi connectivity index (χ2v) is 6.15. The van der Waals surface area contributed by atoms with Crippen molar-refractivity contribution in [2.45, 2.75) is 31.4 Å². The third-order valence-corrected chi connectivity index (χ3v) is 3.98. The highest BCUT2D eigenvalue weighted by atomic mass is 32.2. The Bertz CT molecular complexity index is 552. The molecule has 0 unspecified atom stereocenters. The van der Waals surface area contributed by atoms with Gasteiger partial charge in [-0.3, -0.25) is 9.59 Å². The molecule has 0 radical (unpaired) electrons. The minimum atomic E-state index is -0.495. The van der Waals surface area contributed by atoms with Crippen molar-refractivity contribution < 1.29 is 9.59 Å². The summed E-state index contributed by atoms with van der Waals surface area (Å²) in [6.45, 7) is 4.22. The highest BCUT2D eigenvalue weighted by Gasteiger charge is 2.29. The molecule has 0 saturated carbocycles. The number of rotatable bonds is 4. The van der Waals surface area contributed by atoms with E-state index in [-0.39, 0.29) is 23.4 Å². The van der Waals surface area contributed by atoms with Crippen molar-refractivity contribution in [2.75, 3.05) is 5.32 Å². The molecule has 3 N–H and O–H groups in total. The monoisotopic (exact) mass is 291 g/mol. The van der Waals surface area contributed by atoms with Crippen molar-refractivity contribution in [2.24, 2.45) is 10.7 Å². The lowest BCUT2D eigenvalue weighted by Gasteiger charge is -2.09. The molecular weight excluding hydrogens is 274 g/mol. The highest BCUT2D eigenvalue weighted by Crippen LogP contribution is 2.23. The molecule has 106 valence electrons. The van der Waals surface area contributed by atoms with Crippen LogP contribution in [0.3, 0.4) is 0 Å². The van der Waals surface area contributed by atoms with Crippen LogP contribution in [-0.4, -0.2) is 22.2 Å². The van der Waals surface area contributed by atoms with E-state index < -0.39 is 5.25 Å². The van der Waals surface area contributed by atoms with Crippen LogP contribution in [0.1, 0.15) is 31.7 Å². The molecule has 0 aromatic heterocycles. The van der Waals surface area contributed by atoms with E-state index in [4.69, 9.17) is 5.73 Å². The van der Waals surface area contributed by atoms with Gasteiger partial charge in [-0.1, -0.05) is 37.7 Å². The molecule has 0 bridgehead atoms. The van der Waals surface area contributed by atoms with Crippen LogP contribution in [0.25, 0.3) is 0 Å². The fourth-order valence-corrected chi connectivity index (χ4v) is 2.69. The number of nitrogens with one attached hydrogen (secondary N) is 1. The second-order valence-electron chi connectivity index (χ2n) is 4.92. The summed E-state index contributed by atoms with van der Waals surface area (Å²) in [7, 11) is 0. The van der Waals surface area contributed by atoms with E-state index in [2.05, 4.69) is 24.2 Å². The molecular formula is C14H17N3O2S. The second kappa shape index (κ2) is 6.09. The molecule has 0 saturated heterocycles. The van der Waals surface area contributed by atoms with E-state index in [0.717, 1.165) is 17.4 Å². The van der Waals surface area contributed by atoms with Crippen LogP contribution in [0.15, 0.2) is 29.3 Å². The molecule has 1 aromatic rings. The van der Waals surface area contributed by atoms with Crippen molar-refractivity contribution in [1.29, 1.82) is 0 Å². The van der Waals surface area contributed by atoms with Gasteiger partial charge in [0, 0.05) is 12.1 Å². The van der Waals surface area contributed by atoms with Crippen LogP contribution in [-0.2, 0) is 9.59 Å². The molecule has 20 heavy (non-hydrogen) atoms. The van der Waals surface area contributed by atoms with Crippen molar-refractivity contribution >= 4 is 34.4 Å². The molecule has 0 spiro atoms. The van der Waals surface area contributed by atoms with Gasteiger partial charge in [0.25, 0.3) is 5.91 Å². The number of thioether (sulfide) groups is 1. The Morgan fingerprint density at radius 1 is 1.40 bits per heavy atom. The number of benzene rings is 1. The predicted octanol–water partition coefficient (Wildman–Crippen LogP) is 2.10. The van der Waals surface area contributed by atoms with Gasteiger partial charge in [0.2, 0.25) is 5.91 Å². The van der Waals surface area contributed by atoms with E-state index in [1.807, 2.05) is 24.3 Å². The summed E-state index contributed by atoms with van der Waals surface area (Å²) < 4.78 is 0. The van der Waals surface area contributed by atoms with E-state index in [1.54, 1.807) is 0 Å². The zero-order valence-corrected chi connectivity index (χ0v) is 12.2. The number of hydrogen-bond donors (Lipinski definition) is 2. The fraction of sp³-hybridized carbons (Fsp3) is 0.357. The van der Waals surface area contributed by atoms with Crippen molar-refractivity contribution in [1.82, 2.24) is 0 Å². The molecule has 6 heteroatoms. The summed E-state index contributed by atoms with van der Waals surface area (Å²) in [4.78, 5) is 26.9. The first-order chi connectivity index (χ1) is 9.45. The smallest absolute Gasteiger partial charge is 0.262 e. The molecule has 1 heterocycles. The number of hydrogen-bond acceptors (Lipinski definition) is 4. The van der Waals surface area contributed by atoms with Gasteiger partial charge in [0.1, 0.15) is 5.25 Å². The standard InChI is InChI=1S/C14H17N3O2S/c1-8(2)9-3-5-10(6-4-9)16-12(18)7-11-13(19)17-14(15)20-11/h3-6,8,11H,7H2,1-2H3,(H,16,18)(H2,15,17,19)/t11-/m0/s1. The van der Waals surface area contributed by atoms with Gasteiger partial charge in [0.05, 0.1) is 0 Å². The molecule has 1 aliphatic rings. The lowest BCUT2D eigenvalue weighted by atomic mass is 10.0. The van der Waals surface area contributed by atoms with Gasteiger partial charge >= 0.3 is 0 Å². The molecule has 0 fully saturated rings. The van der Waals surface area contributed by atoms with Crippen LogP contribution in [0, 0.1) is 0 Å². The van der Waals surface area contributed by atoms with Crippen LogP contribution in [0.4, 0.5) is 5.69 Å². The minimum absolute atomic E-state index is 0.0830. The predicted molar refractivity (Wildman–Crippen MR) is 81.8 cm³/mol. The Balaban J connectivity index is 1.90. The Morgan fingerprint density at radius 2 is 2.05 bits per heavy atom. The van der Waals surface area contributed by atoms with Crippen molar-refractivity contribution in [3.63, 3.8) is 0 Å². The summed E-state index contributed by atoms with van der Waals surface area (Å²) in [6.07, 6.45) is 0.0830. The number of nitrogens with zero attached hydrogens (tertiary/aromatic N) is 1. The summed E-state index contributed by atoms with van der Waals surface area (Å²) in [5.74, 6) is -0.0942. The zero-order chi connectivity index (χ0) is 14.7. The lowest BCUT2D eigenvalue weighted by Crippen LogP contribution is -2.21. The summed E-state index contributed by atoms with van der Waals surface area (Å²) >= 11 is 1.14. The van der Waals surface area contributed by atoms with Gasteiger partial charge in [-0.15, -0.1) is 0 Å². The first-order valence-electron chi connectivity index (χ1n) is 6.40. The highest BCUT2D eigenvalue weighted by molar-refractivity contribution is 8.15. The molecule has 0 aliphatic carbocycles. The molecule has 1 atom stereocenters. The Morgan fingerprint density at radius 3 is 2.55 bits per heavy atom. The van der Waals surface area contributed by atoms with Gasteiger partial charge in [-0.25, -0.2) is 0 Å². The SMILES string of the molecule is CC(C)c1ccc(NC(=O)C[C@@H]2SC(N)=NC2=O)cc1. The number of amides is 2. The molecule has 1 aliphatic heterocycles. The summed E-state index contributed by atoms with van der Waals surface area (Å²) in [5, 5.41) is 2.51. The number of carbonyl (C=O) groups excluding carboxylic acids is 2. The Labute approximate surface area is 122 Å². The van der Waals surface area contributed by atoms with E-state index in [1.165, 1.54) is 5.56 Å². The Hall–Kier alpha value is -1.82. The minimum Gasteiger partial charge on any atom is -0.378 e. The molecule has 1 aromatic carbocycles. The van der Waals surface area contributed by atoms with Crippen LogP contribution in [0.2, 0.25) is 0 Å². The molecule has 2 amide bonds. The van der Waals surface area contributed by atoms with Crippen molar-refractivity contribution in [3.05, 3.63) is 29.8 Å². The van der Waals surface area contributed by atoms with Crippen LogP contribution >= 0.6 is 11.8 Å². The van der Waals surface area contributed by atoms with Gasteiger partial charge in [-0.05, 0) is 23.6 Å². The number of amidine groups is 1. The van der Waals surface area contributed by atoms with Crippen LogP contribution < -0.4 is 11.1 Å². The number of aliphatic imine (C=N–C) groups is 1. The topological polar surface area (TPSA) is 84.6 Å². The van der Waals surface area contributed by atoms with E-state index in [0.29, 0.717) is 5.92 Å². The largest absolute Gasteiger partial charge is 0.378 e. The fourth-order valence-electron chi connectivity index (χ4n) is 1.86. The van der Waals surface area contributed by atoms with Crippen LogP contribution in [0.5, 0.6) is 0 Å². The number of nitrogens with two attached hydrogens (primary N) is 1. The third-order valence-electron chi connectivity index (χ3n) is 2.99. The average molecular weight is 291 g/mol. The normalized spacial score (nSPS) is 18.2. The van der Waals surface area contributed by atoms with Gasteiger partial charge < -0.3 is 11.1 Å².